The number of carbonyl (C=O) groups excluding carboxylic acids is 3. The Morgan fingerprint density at radius 1 is 1.06 bits per heavy atom. The van der Waals surface area contributed by atoms with Crippen LogP contribution >= 0.6 is 0 Å². The van der Waals surface area contributed by atoms with E-state index >= 15 is 0 Å². The molecule has 8 heteroatoms. The van der Waals surface area contributed by atoms with Crippen LogP contribution in [0.2, 0.25) is 0 Å². The minimum atomic E-state index is -0.342. The van der Waals surface area contributed by atoms with Crippen LogP contribution in [-0.4, -0.2) is 75.4 Å². The molecule has 1 aromatic heterocycles. The van der Waals surface area contributed by atoms with Crippen molar-refractivity contribution in [3.05, 3.63) is 52.8 Å². The number of fused-ring (bicyclic) bond motifs is 1. The first-order valence-electron chi connectivity index (χ1n) is 10.9. The molecular weight excluding hydrogens is 394 g/mol. The lowest BCUT2D eigenvalue weighted by Crippen LogP contribution is -2.40. The Bertz CT molecular complexity index is 993. The van der Waals surface area contributed by atoms with Crippen molar-refractivity contribution in [2.75, 3.05) is 33.2 Å². The highest BCUT2D eigenvalue weighted by molar-refractivity contribution is 5.99. The number of likely N-dealkylation sites (tertiary alicyclic amines) is 1. The SMILES string of the molecule is Cc1cccc(CN2CCCn3nc(C(=O)N(C)CC(=O)N4CCCC4)cc3C2=O)c1. The van der Waals surface area contributed by atoms with Gasteiger partial charge in [0.1, 0.15) is 5.69 Å². The monoisotopic (exact) mass is 423 g/mol. The minimum Gasteiger partial charge on any atom is -0.341 e. The molecule has 3 heterocycles. The molecule has 164 valence electrons. The van der Waals surface area contributed by atoms with Gasteiger partial charge in [-0.3, -0.25) is 19.1 Å². The van der Waals surface area contributed by atoms with Crippen LogP contribution in [0, 0.1) is 6.92 Å². The number of rotatable bonds is 5. The summed E-state index contributed by atoms with van der Waals surface area (Å²) in [7, 11) is 1.60. The molecule has 1 saturated heterocycles. The predicted octanol–water partition coefficient (Wildman–Crippen LogP) is 1.93. The number of aromatic nitrogens is 2. The predicted molar refractivity (Wildman–Crippen MR) is 116 cm³/mol. The van der Waals surface area contributed by atoms with Crippen molar-refractivity contribution in [3.8, 4) is 0 Å². The molecule has 0 saturated carbocycles. The third-order valence-electron chi connectivity index (χ3n) is 5.94. The van der Waals surface area contributed by atoms with Gasteiger partial charge in [0.25, 0.3) is 11.8 Å². The first kappa shape index (κ1) is 21.1. The fourth-order valence-electron chi connectivity index (χ4n) is 4.26. The van der Waals surface area contributed by atoms with Crippen molar-refractivity contribution in [3.63, 3.8) is 0 Å². The summed E-state index contributed by atoms with van der Waals surface area (Å²) in [6.45, 7) is 5.31. The molecular formula is C23H29N5O3. The lowest BCUT2D eigenvalue weighted by molar-refractivity contribution is -0.130. The summed E-state index contributed by atoms with van der Waals surface area (Å²) in [4.78, 5) is 43.4. The number of nitrogens with zero attached hydrogens (tertiary/aromatic N) is 5. The molecule has 2 aliphatic rings. The number of carbonyl (C=O) groups is 3. The highest BCUT2D eigenvalue weighted by Crippen LogP contribution is 2.18. The Labute approximate surface area is 182 Å². The van der Waals surface area contributed by atoms with Gasteiger partial charge in [-0.2, -0.15) is 5.10 Å². The van der Waals surface area contributed by atoms with Crippen LogP contribution < -0.4 is 0 Å². The molecule has 1 fully saturated rings. The molecule has 1 aromatic carbocycles. The third kappa shape index (κ3) is 4.62. The second-order valence-electron chi connectivity index (χ2n) is 8.46. The summed E-state index contributed by atoms with van der Waals surface area (Å²) in [5.41, 5.74) is 2.87. The Kier molecular flexibility index (Phi) is 6.06. The number of hydrogen-bond donors (Lipinski definition) is 0. The summed E-state index contributed by atoms with van der Waals surface area (Å²) in [5.74, 6) is -0.512. The summed E-state index contributed by atoms with van der Waals surface area (Å²) in [5, 5.41) is 4.40. The number of aryl methyl sites for hydroxylation is 2. The summed E-state index contributed by atoms with van der Waals surface area (Å²) >= 11 is 0. The van der Waals surface area contributed by atoms with Crippen molar-refractivity contribution >= 4 is 17.7 Å². The lowest BCUT2D eigenvalue weighted by Gasteiger charge is -2.21. The molecule has 0 N–H and O–H groups in total. The highest BCUT2D eigenvalue weighted by atomic mass is 16.2. The lowest BCUT2D eigenvalue weighted by atomic mass is 10.1. The van der Waals surface area contributed by atoms with E-state index in [0.717, 1.165) is 43.5 Å². The van der Waals surface area contributed by atoms with Gasteiger partial charge < -0.3 is 14.7 Å². The number of benzene rings is 1. The van der Waals surface area contributed by atoms with Crippen LogP contribution in [0.5, 0.6) is 0 Å². The molecule has 0 atom stereocenters. The van der Waals surface area contributed by atoms with Crippen molar-refractivity contribution in [1.82, 2.24) is 24.5 Å². The van der Waals surface area contributed by atoms with Crippen LogP contribution in [0.4, 0.5) is 0 Å². The van der Waals surface area contributed by atoms with Crippen LogP contribution in [-0.2, 0) is 17.9 Å². The van der Waals surface area contributed by atoms with Crippen molar-refractivity contribution in [1.29, 1.82) is 0 Å². The van der Waals surface area contributed by atoms with E-state index < -0.39 is 0 Å². The van der Waals surface area contributed by atoms with Gasteiger partial charge in [0, 0.05) is 45.8 Å². The molecule has 0 bridgehead atoms. The van der Waals surface area contributed by atoms with Gasteiger partial charge in [0.2, 0.25) is 5.91 Å². The Morgan fingerprint density at radius 3 is 2.58 bits per heavy atom. The molecule has 0 spiro atoms. The van der Waals surface area contributed by atoms with Gasteiger partial charge in [-0.05, 0) is 31.7 Å². The summed E-state index contributed by atoms with van der Waals surface area (Å²) < 4.78 is 1.63. The van der Waals surface area contributed by atoms with E-state index in [2.05, 4.69) is 11.2 Å². The van der Waals surface area contributed by atoms with Crippen LogP contribution in [0.25, 0.3) is 0 Å². The molecule has 8 nitrogen and oxygen atoms in total. The van der Waals surface area contributed by atoms with E-state index in [9.17, 15) is 14.4 Å². The maximum Gasteiger partial charge on any atom is 0.274 e. The van der Waals surface area contributed by atoms with Crippen LogP contribution in [0.1, 0.15) is 51.4 Å². The molecule has 2 aromatic rings. The van der Waals surface area contributed by atoms with Gasteiger partial charge in [-0.1, -0.05) is 29.8 Å². The van der Waals surface area contributed by atoms with Crippen molar-refractivity contribution < 1.29 is 14.4 Å². The first-order chi connectivity index (χ1) is 14.9. The topological polar surface area (TPSA) is 78.8 Å². The van der Waals surface area contributed by atoms with E-state index in [1.807, 2.05) is 30.0 Å². The average Bonchev–Trinajstić information content (AvgIpc) is 3.40. The molecule has 31 heavy (non-hydrogen) atoms. The second-order valence-corrected chi connectivity index (χ2v) is 8.46. The zero-order chi connectivity index (χ0) is 22.0. The van der Waals surface area contributed by atoms with E-state index in [1.165, 1.54) is 4.90 Å². The van der Waals surface area contributed by atoms with Crippen LogP contribution in [0.15, 0.2) is 30.3 Å². The number of hydrogen-bond acceptors (Lipinski definition) is 4. The molecule has 0 radical (unpaired) electrons. The average molecular weight is 424 g/mol. The third-order valence-corrected chi connectivity index (χ3v) is 5.94. The fraction of sp³-hybridized carbons (Fsp3) is 0.478. The zero-order valence-electron chi connectivity index (χ0n) is 18.2. The second kappa shape index (κ2) is 8.91. The Hall–Kier alpha value is -3.16. The minimum absolute atomic E-state index is 0.0223. The number of likely N-dealkylation sites (N-methyl/N-ethyl adjacent to an activating group) is 1. The summed E-state index contributed by atoms with van der Waals surface area (Å²) in [6, 6.07) is 9.69. The maximum atomic E-state index is 13.2. The molecule has 3 amide bonds. The van der Waals surface area contributed by atoms with Gasteiger partial charge in [-0.15, -0.1) is 0 Å². The molecule has 4 rings (SSSR count). The Balaban J connectivity index is 1.46. The van der Waals surface area contributed by atoms with Gasteiger partial charge in [0.15, 0.2) is 5.69 Å². The standard InChI is InChI=1S/C23H29N5O3/c1-17-7-5-8-18(13-17)15-27-11-6-12-28-20(23(27)31)14-19(24-28)22(30)25(2)16-21(29)26-9-3-4-10-26/h5,7-8,13-14H,3-4,6,9-12,15-16H2,1-2H3. The van der Waals surface area contributed by atoms with Gasteiger partial charge in [-0.25, -0.2) is 0 Å². The molecule has 2 aliphatic heterocycles. The van der Waals surface area contributed by atoms with Crippen molar-refractivity contribution in [2.24, 2.45) is 0 Å². The van der Waals surface area contributed by atoms with Crippen LogP contribution in [0.3, 0.4) is 0 Å². The quantitative estimate of drug-likeness (QED) is 0.736. The van der Waals surface area contributed by atoms with E-state index in [1.54, 1.807) is 22.7 Å². The maximum absolute atomic E-state index is 13.2. The molecule has 0 aliphatic carbocycles. The van der Waals surface area contributed by atoms with Gasteiger partial charge >= 0.3 is 0 Å². The van der Waals surface area contributed by atoms with E-state index in [-0.39, 0.29) is 30.0 Å². The van der Waals surface area contributed by atoms with E-state index in [4.69, 9.17) is 0 Å². The van der Waals surface area contributed by atoms with Gasteiger partial charge in [0.05, 0.1) is 6.54 Å². The largest absolute Gasteiger partial charge is 0.341 e. The van der Waals surface area contributed by atoms with Crippen molar-refractivity contribution in [2.45, 2.75) is 39.3 Å². The zero-order valence-corrected chi connectivity index (χ0v) is 18.2. The fourth-order valence-corrected chi connectivity index (χ4v) is 4.26. The smallest absolute Gasteiger partial charge is 0.274 e. The van der Waals surface area contributed by atoms with E-state index in [0.29, 0.717) is 25.3 Å². The normalized spacial score (nSPS) is 16.3. The Morgan fingerprint density at radius 2 is 1.84 bits per heavy atom. The first-order valence-corrected chi connectivity index (χ1v) is 10.9. The molecule has 0 unspecified atom stereocenters. The summed E-state index contributed by atoms with van der Waals surface area (Å²) in [6.07, 6.45) is 2.79. The highest BCUT2D eigenvalue weighted by Gasteiger charge is 2.28. The number of amides is 3.